The number of halogens is 2. The van der Waals surface area contributed by atoms with Crippen molar-refractivity contribution in [2.45, 2.75) is 0 Å². The first-order valence-corrected chi connectivity index (χ1v) is 10.7. The van der Waals surface area contributed by atoms with Gasteiger partial charge in [0.15, 0.2) is 0 Å². The van der Waals surface area contributed by atoms with Gasteiger partial charge in [-0.1, -0.05) is 35.9 Å². The summed E-state index contributed by atoms with van der Waals surface area (Å²) in [7, 11) is 1.68. The van der Waals surface area contributed by atoms with Crippen LogP contribution in [-0.2, 0) is 7.05 Å². The topological polar surface area (TPSA) is 52.7 Å². The van der Waals surface area contributed by atoms with Crippen molar-refractivity contribution in [2.24, 2.45) is 7.05 Å². The Morgan fingerprint density at radius 3 is 2.55 bits per heavy atom. The zero-order chi connectivity index (χ0) is 22.7. The molecule has 5 nitrogen and oxygen atoms in total. The van der Waals surface area contributed by atoms with Crippen LogP contribution in [0.1, 0.15) is 0 Å². The second kappa shape index (κ2) is 7.25. The fourth-order valence-electron chi connectivity index (χ4n) is 4.29. The van der Waals surface area contributed by atoms with Crippen molar-refractivity contribution in [3.05, 3.63) is 100 Å². The van der Waals surface area contributed by atoms with Crippen LogP contribution < -0.4 is 5.69 Å². The van der Waals surface area contributed by atoms with Gasteiger partial charge in [0.05, 0.1) is 39.0 Å². The molecule has 3 aromatic heterocycles. The first kappa shape index (κ1) is 19.6. The minimum Gasteiger partial charge on any atom is -0.293 e. The van der Waals surface area contributed by atoms with Crippen molar-refractivity contribution < 1.29 is 4.39 Å². The normalized spacial score (nSPS) is 11.6. The lowest BCUT2D eigenvalue weighted by Crippen LogP contribution is -2.21. The second-order valence-corrected chi connectivity index (χ2v) is 8.32. The van der Waals surface area contributed by atoms with Gasteiger partial charge in [0, 0.05) is 29.6 Å². The molecule has 0 saturated heterocycles. The molecular weight excluding hydrogens is 439 g/mol. The number of para-hydroxylation sites is 1. The van der Waals surface area contributed by atoms with E-state index in [1.807, 2.05) is 48.7 Å². The predicted molar refractivity (Wildman–Crippen MR) is 130 cm³/mol. The average molecular weight is 455 g/mol. The van der Waals surface area contributed by atoms with Gasteiger partial charge in [-0.2, -0.15) is 0 Å². The van der Waals surface area contributed by atoms with Crippen LogP contribution >= 0.6 is 11.6 Å². The quantitative estimate of drug-likeness (QED) is 0.328. The largest absolute Gasteiger partial charge is 0.333 e. The Balaban J connectivity index is 1.67. The van der Waals surface area contributed by atoms with Crippen LogP contribution in [0.25, 0.3) is 49.7 Å². The Morgan fingerprint density at radius 1 is 0.879 bits per heavy atom. The van der Waals surface area contributed by atoms with E-state index in [0.717, 1.165) is 32.9 Å². The van der Waals surface area contributed by atoms with Gasteiger partial charge in [0.25, 0.3) is 0 Å². The van der Waals surface area contributed by atoms with Crippen LogP contribution in [0.2, 0.25) is 5.02 Å². The highest BCUT2D eigenvalue weighted by Crippen LogP contribution is 2.32. The number of fused-ring (bicyclic) bond motifs is 4. The number of imidazole rings is 1. The first-order chi connectivity index (χ1) is 16.0. The standard InChI is InChI=1S/C26H16ClFN4O/c1-31-24-14-30-22-8-6-15(17-10-16-4-2-3-5-21(16)29-13-17)11-19(22)25(24)32(26(31)33)23-9-7-18(28)12-20(23)27/h2-14H,1H3. The highest BCUT2D eigenvalue weighted by Gasteiger charge is 2.18. The van der Waals surface area contributed by atoms with E-state index in [0.29, 0.717) is 16.7 Å². The van der Waals surface area contributed by atoms with Gasteiger partial charge in [-0.25, -0.2) is 9.18 Å². The molecule has 0 radical (unpaired) electrons. The van der Waals surface area contributed by atoms with Crippen molar-refractivity contribution in [3.63, 3.8) is 0 Å². The number of hydrogen-bond acceptors (Lipinski definition) is 3. The van der Waals surface area contributed by atoms with E-state index in [-0.39, 0.29) is 10.7 Å². The van der Waals surface area contributed by atoms with Crippen LogP contribution in [0.4, 0.5) is 4.39 Å². The Hall–Kier alpha value is -4.03. The number of nitrogens with zero attached hydrogens (tertiary/aromatic N) is 4. The van der Waals surface area contributed by atoms with E-state index >= 15 is 0 Å². The lowest BCUT2D eigenvalue weighted by Gasteiger charge is -2.10. The highest BCUT2D eigenvalue weighted by molar-refractivity contribution is 6.32. The molecule has 0 aliphatic carbocycles. The smallest absolute Gasteiger partial charge is 0.293 e. The highest BCUT2D eigenvalue weighted by atomic mass is 35.5. The van der Waals surface area contributed by atoms with Crippen molar-refractivity contribution in [1.29, 1.82) is 0 Å². The van der Waals surface area contributed by atoms with Crippen molar-refractivity contribution in [1.82, 2.24) is 19.1 Å². The Morgan fingerprint density at radius 2 is 1.70 bits per heavy atom. The van der Waals surface area contributed by atoms with Crippen LogP contribution in [0, 0.1) is 5.82 Å². The minimum atomic E-state index is -0.463. The summed E-state index contributed by atoms with van der Waals surface area (Å²) >= 11 is 6.35. The van der Waals surface area contributed by atoms with Gasteiger partial charge in [-0.3, -0.25) is 19.1 Å². The second-order valence-electron chi connectivity index (χ2n) is 7.91. The summed E-state index contributed by atoms with van der Waals surface area (Å²) in [5.74, 6) is -0.463. The molecule has 6 rings (SSSR count). The van der Waals surface area contributed by atoms with E-state index in [4.69, 9.17) is 11.6 Å². The van der Waals surface area contributed by atoms with Gasteiger partial charge < -0.3 is 0 Å². The van der Waals surface area contributed by atoms with E-state index in [9.17, 15) is 9.18 Å². The van der Waals surface area contributed by atoms with E-state index in [2.05, 4.69) is 16.0 Å². The third-order valence-electron chi connectivity index (χ3n) is 5.96. The lowest BCUT2D eigenvalue weighted by molar-refractivity contribution is 0.627. The molecule has 3 aromatic carbocycles. The molecule has 160 valence electrons. The zero-order valence-corrected chi connectivity index (χ0v) is 18.2. The molecule has 0 amide bonds. The van der Waals surface area contributed by atoms with Gasteiger partial charge >= 0.3 is 5.69 Å². The fraction of sp³-hybridized carbons (Fsp3) is 0.0385. The molecule has 0 fully saturated rings. The van der Waals surface area contributed by atoms with Gasteiger partial charge in [-0.15, -0.1) is 0 Å². The molecule has 0 bridgehead atoms. The summed E-state index contributed by atoms with van der Waals surface area (Å²) in [4.78, 5) is 22.3. The van der Waals surface area contributed by atoms with Gasteiger partial charge in [0.1, 0.15) is 5.82 Å². The van der Waals surface area contributed by atoms with Crippen LogP contribution in [0.5, 0.6) is 0 Å². The fourth-order valence-corrected chi connectivity index (χ4v) is 4.54. The molecule has 0 atom stereocenters. The van der Waals surface area contributed by atoms with E-state index in [1.165, 1.54) is 27.3 Å². The Bertz CT molecular complexity index is 1790. The van der Waals surface area contributed by atoms with Crippen molar-refractivity contribution in [2.75, 3.05) is 0 Å². The predicted octanol–water partition coefficient (Wildman–Crippen LogP) is 5.89. The maximum absolute atomic E-state index is 13.7. The first-order valence-electron chi connectivity index (χ1n) is 10.3. The van der Waals surface area contributed by atoms with Gasteiger partial charge in [-0.05, 0) is 48.0 Å². The molecule has 3 heterocycles. The molecule has 0 aliphatic heterocycles. The number of aromatic nitrogens is 4. The SMILES string of the molecule is Cn1c(=O)n(-c2ccc(F)cc2Cl)c2c3cc(-c4cnc5ccccc5c4)ccc3ncc21. The molecule has 0 saturated carbocycles. The maximum atomic E-state index is 13.7. The van der Waals surface area contributed by atoms with E-state index in [1.54, 1.807) is 13.2 Å². The van der Waals surface area contributed by atoms with E-state index < -0.39 is 5.82 Å². The summed E-state index contributed by atoms with van der Waals surface area (Å²) in [6.07, 6.45) is 3.51. The Labute approximate surface area is 192 Å². The molecule has 33 heavy (non-hydrogen) atoms. The zero-order valence-electron chi connectivity index (χ0n) is 17.5. The summed E-state index contributed by atoms with van der Waals surface area (Å²) < 4.78 is 16.7. The summed E-state index contributed by atoms with van der Waals surface area (Å²) in [6.45, 7) is 0. The van der Waals surface area contributed by atoms with Crippen molar-refractivity contribution in [3.8, 4) is 16.8 Å². The monoisotopic (exact) mass is 454 g/mol. The van der Waals surface area contributed by atoms with Crippen molar-refractivity contribution >= 4 is 44.4 Å². The molecule has 0 spiro atoms. The third kappa shape index (κ3) is 3.02. The molecule has 0 aliphatic rings. The molecule has 7 heteroatoms. The third-order valence-corrected chi connectivity index (χ3v) is 6.26. The number of aryl methyl sites for hydroxylation is 1. The number of pyridine rings is 2. The molecule has 0 N–H and O–H groups in total. The molecular formula is C26H16ClFN4O. The lowest BCUT2D eigenvalue weighted by atomic mass is 10.0. The molecule has 0 unspecified atom stereocenters. The summed E-state index contributed by atoms with van der Waals surface area (Å²) in [5.41, 5.74) is 5.01. The number of benzene rings is 3. The van der Waals surface area contributed by atoms with Crippen LogP contribution in [0.3, 0.4) is 0 Å². The minimum absolute atomic E-state index is 0.157. The van der Waals surface area contributed by atoms with Crippen LogP contribution in [0.15, 0.2) is 83.9 Å². The van der Waals surface area contributed by atoms with Gasteiger partial charge in [0.2, 0.25) is 0 Å². The average Bonchev–Trinajstić information content (AvgIpc) is 3.09. The summed E-state index contributed by atoms with van der Waals surface area (Å²) in [6, 6.07) is 20.0. The number of rotatable bonds is 2. The van der Waals surface area contributed by atoms with Crippen LogP contribution in [-0.4, -0.2) is 19.1 Å². The molecule has 6 aromatic rings. The maximum Gasteiger partial charge on any atom is 0.333 e. The number of hydrogen-bond donors (Lipinski definition) is 0. The summed E-state index contributed by atoms with van der Waals surface area (Å²) in [5, 5.41) is 1.99. The Kier molecular flexibility index (Phi) is 4.32.